The molecule has 0 saturated heterocycles. The SMILES string of the molecule is CCOC(=O)C1(C)CC(C)(C)c2ccccc2C1=O. The lowest BCUT2D eigenvalue weighted by Crippen LogP contribution is -2.47. The molecule has 0 fully saturated rings. The Morgan fingerprint density at radius 2 is 1.89 bits per heavy atom. The molecule has 0 N–H and O–H groups in total. The molecule has 3 nitrogen and oxygen atoms in total. The molecule has 0 bridgehead atoms. The maximum Gasteiger partial charge on any atom is 0.319 e. The summed E-state index contributed by atoms with van der Waals surface area (Å²) in [5.41, 5.74) is 0.371. The number of Topliss-reactive ketones (excluding diaryl/α,β-unsaturated/α-hetero) is 1. The molecule has 0 saturated carbocycles. The van der Waals surface area contributed by atoms with E-state index in [1.807, 2.05) is 18.2 Å². The molecule has 1 aromatic carbocycles. The molecule has 1 aromatic rings. The van der Waals surface area contributed by atoms with E-state index >= 15 is 0 Å². The molecule has 0 heterocycles. The lowest BCUT2D eigenvalue weighted by molar-refractivity contribution is -0.152. The maximum absolute atomic E-state index is 12.6. The van der Waals surface area contributed by atoms with Crippen LogP contribution in [0.15, 0.2) is 24.3 Å². The summed E-state index contributed by atoms with van der Waals surface area (Å²) in [6.45, 7) is 7.88. The Hall–Kier alpha value is -1.64. The molecule has 0 spiro atoms. The summed E-state index contributed by atoms with van der Waals surface area (Å²) in [5.74, 6) is -0.538. The number of ketones is 1. The minimum absolute atomic E-state index is 0.124. The summed E-state index contributed by atoms with van der Waals surface area (Å²) in [5, 5.41) is 0. The number of esters is 1. The van der Waals surface area contributed by atoms with E-state index in [9.17, 15) is 9.59 Å². The number of ether oxygens (including phenoxy) is 1. The molecule has 0 aromatic heterocycles. The van der Waals surface area contributed by atoms with Gasteiger partial charge < -0.3 is 4.74 Å². The zero-order valence-corrected chi connectivity index (χ0v) is 11.9. The van der Waals surface area contributed by atoms with E-state index < -0.39 is 11.4 Å². The fourth-order valence-electron chi connectivity index (χ4n) is 3.08. The van der Waals surface area contributed by atoms with Crippen molar-refractivity contribution in [2.45, 2.75) is 39.5 Å². The first-order valence-electron chi connectivity index (χ1n) is 6.64. The molecule has 1 aliphatic rings. The molecule has 2 rings (SSSR count). The van der Waals surface area contributed by atoms with E-state index in [-0.39, 0.29) is 11.2 Å². The molecule has 102 valence electrons. The smallest absolute Gasteiger partial charge is 0.319 e. The average molecular weight is 260 g/mol. The van der Waals surface area contributed by atoms with E-state index in [0.29, 0.717) is 18.6 Å². The molecule has 1 aliphatic carbocycles. The van der Waals surface area contributed by atoms with E-state index in [1.54, 1.807) is 19.9 Å². The molecule has 0 radical (unpaired) electrons. The van der Waals surface area contributed by atoms with Gasteiger partial charge in [0.05, 0.1) is 6.61 Å². The summed E-state index contributed by atoms with van der Waals surface area (Å²) in [7, 11) is 0. The third-order valence-electron chi connectivity index (χ3n) is 3.92. The zero-order valence-electron chi connectivity index (χ0n) is 11.9. The molecule has 1 unspecified atom stereocenters. The second-order valence-corrected chi connectivity index (χ2v) is 5.99. The van der Waals surface area contributed by atoms with E-state index in [0.717, 1.165) is 5.56 Å². The topological polar surface area (TPSA) is 43.4 Å². The molecule has 0 amide bonds. The van der Waals surface area contributed by atoms with Crippen LogP contribution in [-0.4, -0.2) is 18.4 Å². The predicted octanol–water partition coefficient (Wildman–Crippen LogP) is 3.12. The van der Waals surface area contributed by atoms with Crippen LogP contribution in [0.4, 0.5) is 0 Å². The third kappa shape index (κ3) is 2.07. The first-order valence-corrected chi connectivity index (χ1v) is 6.64. The van der Waals surface area contributed by atoms with Gasteiger partial charge in [0.1, 0.15) is 5.41 Å². The van der Waals surface area contributed by atoms with Crippen LogP contribution in [0.2, 0.25) is 0 Å². The Kier molecular flexibility index (Phi) is 3.25. The zero-order chi connectivity index (χ0) is 14.3. The van der Waals surface area contributed by atoms with Crippen molar-refractivity contribution in [1.82, 2.24) is 0 Å². The Balaban J connectivity index is 2.54. The number of hydrogen-bond donors (Lipinski definition) is 0. The highest BCUT2D eigenvalue weighted by molar-refractivity contribution is 6.14. The molecule has 19 heavy (non-hydrogen) atoms. The number of benzene rings is 1. The quantitative estimate of drug-likeness (QED) is 0.606. The number of carbonyl (C=O) groups excluding carboxylic acids is 2. The van der Waals surface area contributed by atoms with Crippen LogP contribution in [0, 0.1) is 5.41 Å². The van der Waals surface area contributed by atoms with Crippen LogP contribution >= 0.6 is 0 Å². The van der Waals surface area contributed by atoms with Crippen molar-refractivity contribution in [3.8, 4) is 0 Å². The summed E-state index contributed by atoms with van der Waals surface area (Å²) >= 11 is 0. The highest BCUT2D eigenvalue weighted by Gasteiger charge is 2.51. The van der Waals surface area contributed by atoms with Gasteiger partial charge in [-0.1, -0.05) is 38.1 Å². The fraction of sp³-hybridized carbons (Fsp3) is 0.500. The number of carbonyl (C=O) groups is 2. The Morgan fingerprint density at radius 1 is 1.26 bits per heavy atom. The van der Waals surface area contributed by atoms with Crippen molar-refractivity contribution in [1.29, 1.82) is 0 Å². The van der Waals surface area contributed by atoms with Gasteiger partial charge in [0, 0.05) is 5.56 Å². The van der Waals surface area contributed by atoms with Crippen molar-refractivity contribution < 1.29 is 14.3 Å². The number of fused-ring (bicyclic) bond motifs is 1. The molecule has 3 heteroatoms. The largest absolute Gasteiger partial charge is 0.465 e. The first kappa shape index (κ1) is 13.8. The molecule has 1 atom stereocenters. The Bertz CT molecular complexity index is 531. The maximum atomic E-state index is 12.6. The summed E-state index contributed by atoms with van der Waals surface area (Å²) < 4.78 is 5.10. The Morgan fingerprint density at radius 3 is 2.53 bits per heavy atom. The van der Waals surface area contributed by atoms with Gasteiger partial charge in [0.25, 0.3) is 0 Å². The molecular formula is C16H20O3. The summed E-state index contributed by atoms with van der Waals surface area (Å²) in [6.07, 6.45) is 0.481. The lowest BCUT2D eigenvalue weighted by Gasteiger charge is -2.41. The third-order valence-corrected chi connectivity index (χ3v) is 3.92. The van der Waals surface area contributed by atoms with Crippen molar-refractivity contribution in [3.63, 3.8) is 0 Å². The van der Waals surface area contributed by atoms with Crippen molar-refractivity contribution in [2.24, 2.45) is 5.41 Å². The van der Waals surface area contributed by atoms with Gasteiger partial charge in [-0.25, -0.2) is 0 Å². The Labute approximate surface area is 114 Å². The fourth-order valence-corrected chi connectivity index (χ4v) is 3.08. The standard InChI is InChI=1S/C16H20O3/c1-5-19-14(18)16(4)10-15(2,3)12-9-7-6-8-11(12)13(16)17/h6-9H,5,10H2,1-4H3. The van der Waals surface area contributed by atoms with Gasteiger partial charge in [-0.3, -0.25) is 9.59 Å². The van der Waals surface area contributed by atoms with E-state index in [4.69, 9.17) is 4.74 Å². The van der Waals surface area contributed by atoms with Gasteiger partial charge >= 0.3 is 5.97 Å². The highest BCUT2D eigenvalue weighted by atomic mass is 16.5. The van der Waals surface area contributed by atoms with Crippen LogP contribution in [0.1, 0.15) is 50.0 Å². The van der Waals surface area contributed by atoms with E-state index in [1.165, 1.54) is 0 Å². The van der Waals surface area contributed by atoms with Crippen LogP contribution in [0.5, 0.6) is 0 Å². The van der Waals surface area contributed by atoms with Gasteiger partial charge in [-0.2, -0.15) is 0 Å². The van der Waals surface area contributed by atoms with Crippen molar-refractivity contribution in [2.75, 3.05) is 6.61 Å². The minimum Gasteiger partial charge on any atom is -0.465 e. The molecule has 0 aliphatic heterocycles. The minimum atomic E-state index is -1.08. The van der Waals surface area contributed by atoms with Crippen LogP contribution in [0.3, 0.4) is 0 Å². The van der Waals surface area contributed by atoms with Gasteiger partial charge in [-0.15, -0.1) is 0 Å². The van der Waals surface area contributed by atoms with Crippen LogP contribution in [0.25, 0.3) is 0 Å². The van der Waals surface area contributed by atoms with Gasteiger partial charge in [0.2, 0.25) is 0 Å². The van der Waals surface area contributed by atoms with Crippen molar-refractivity contribution >= 4 is 11.8 Å². The predicted molar refractivity (Wildman–Crippen MR) is 73.2 cm³/mol. The highest BCUT2D eigenvalue weighted by Crippen LogP contribution is 2.46. The second-order valence-electron chi connectivity index (χ2n) is 5.99. The summed E-state index contributed by atoms with van der Waals surface area (Å²) in [4.78, 5) is 24.8. The summed E-state index contributed by atoms with van der Waals surface area (Å²) in [6, 6.07) is 7.54. The van der Waals surface area contributed by atoms with Gasteiger partial charge in [-0.05, 0) is 31.2 Å². The average Bonchev–Trinajstić information content (AvgIpc) is 2.36. The molecular weight excluding hydrogens is 240 g/mol. The van der Waals surface area contributed by atoms with Crippen molar-refractivity contribution in [3.05, 3.63) is 35.4 Å². The van der Waals surface area contributed by atoms with Crippen LogP contribution in [-0.2, 0) is 14.9 Å². The number of rotatable bonds is 2. The number of hydrogen-bond acceptors (Lipinski definition) is 3. The monoisotopic (exact) mass is 260 g/mol. The normalized spacial score (nSPS) is 24.7. The van der Waals surface area contributed by atoms with Crippen LogP contribution < -0.4 is 0 Å². The van der Waals surface area contributed by atoms with E-state index in [2.05, 4.69) is 13.8 Å². The second kappa shape index (κ2) is 4.48. The lowest BCUT2D eigenvalue weighted by atomic mass is 9.61. The first-order chi connectivity index (χ1) is 8.83. The van der Waals surface area contributed by atoms with Gasteiger partial charge in [0.15, 0.2) is 5.78 Å².